The molecule has 0 aliphatic carbocycles. The van der Waals surface area contributed by atoms with Crippen molar-refractivity contribution in [1.29, 1.82) is 0 Å². The van der Waals surface area contributed by atoms with E-state index >= 15 is 0 Å². The van der Waals surface area contributed by atoms with Crippen molar-refractivity contribution < 1.29 is 28.6 Å². The summed E-state index contributed by atoms with van der Waals surface area (Å²) in [5, 5.41) is 26.4. The Balaban J connectivity index is 2.28. The Hall–Kier alpha value is -2.84. The van der Waals surface area contributed by atoms with Gasteiger partial charge in [-0.2, -0.15) is 0 Å². The lowest BCUT2D eigenvalue weighted by atomic mass is 9.79. The first-order valence-corrected chi connectivity index (χ1v) is 10.9. The minimum atomic E-state index is -1.16. The molecule has 0 saturated carbocycles. The number of aliphatic hydroxyl groups is 1. The van der Waals surface area contributed by atoms with Gasteiger partial charge in [-0.15, -0.1) is 0 Å². The molecule has 0 aliphatic heterocycles. The van der Waals surface area contributed by atoms with Gasteiger partial charge in [-0.3, -0.25) is 9.59 Å². The molecule has 0 radical (unpaired) electrons. The number of benzene rings is 2. The molecule has 1 unspecified atom stereocenters. The molecule has 0 saturated heterocycles. The fourth-order valence-corrected chi connectivity index (χ4v) is 3.85. The van der Waals surface area contributed by atoms with Crippen LogP contribution in [0.5, 0.6) is 0 Å². The zero-order valence-electron chi connectivity index (χ0n) is 19.4. The molecule has 2 aromatic rings. The predicted octanol–water partition coefficient (Wildman–Crippen LogP) is 3.16. The second kappa shape index (κ2) is 11.3. The normalized spacial score (nSPS) is 15.8. The van der Waals surface area contributed by atoms with Crippen molar-refractivity contribution in [1.82, 2.24) is 10.6 Å². The number of aryl methyl sites for hydroxylation is 1. The number of amides is 1. The van der Waals surface area contributed by atoms with Crippen molar-refractivity contribution >= 4 is 11.9 Å². The number of halogens is 2. The molecule has 0 fully saturated rings. The predicted molar refractivity (Wildman–Crippen MR) is 122 cm³/mol. The number of aliphatic hydroxyl groups excluding tert-OH is 1. The van der Waals surface area contributed by atoms with E-state index in [-0.39, 0.29) is 18.5 Å². The van der Waals surface area contributed by atoms with Crippen LogP contribution in [0.1, 0.15) is 44.4 Å². The topological polar surface area (TPSA) is 98.7 Å². The van der Waals surface area contributed by atoms with E-state index < -0.39 is 47.1 Å². The van der Waals surface area contributed by atoms with E-state index in [1.54, 1.807) is 13.8 Å². The second-order valence-corrected chi connectivity index (χ2v) is 8.55. The molecule has 4 N–H and O–H groups in total. The van der Waals surface area contributed by atoms with Gasteiger partial charge in [0.1, 0.15) is 11.6 Å². The fourth-order valence-electron chi connectivity index (χ4n) is 3.85. The van der Waals surface area contributed by atoms with E-state index in [4.69, 9.17) is 0 Å². The average molecular weight is 463 g/mol. The Morgan fingerprint density at radius 1 is 1.09 bits per heavy atom. The van der Waals surface area contributed by atoms with Gasteiger partial charge in [0.2, 0.25) is 5.91 Å². The van der Waals surface area contributed by atoms with E-state index in [0.717, 1.165) is 35.7 Å². The van der Waals surface area contributed by atoms with Gasteiger partial charge >= 0.3 is 5.97 Å². The first-order valence-electron chi connectivity index (χ1n) is 10.9. The third-order valence-electron chi connectivity index (χ3n) is 6.08. The molecule has 2 aromatic carbocycles. The van der Waals surface area contributed by atoms with Crippen LogP contribution in [-0.4, -0.2) is 40.8 Å². The van der Waals surface area contributed by atoms with Crippen LogP contribution < -0.4 is 10.6 Å². The van der Waals surface area contributed by atoms with Crippen LogP contribution in [0, 0.1) is 17.6 Å². The highest BCUT2D eigenvalue weighted by Gasteiger charge is 2.38. The van der Waals surface area contributed by atoms with Crippen LogP contribution in [-0.2, 0) is 28.0 Å². The summed E-state index contributed by atoms with van der Waals surface area (Å²) >= 11 is 0. The van der Waals surface area contributed by atoms with Gasteiger partial charge < -0.3 is 20.8 Å². The van der Waals surface area contributed by atoms with E-state index in [1.807, 2.05) is 31.2 Å². The van der Waals surface area contributed by atoms with E-state index in [9.17, 15) is 28.6 Å². The first kappa shape index (κ1) is 26.4. The highest BCUT2D eigenvalue weighted by molar-refractivity contribution is 5.73. The zero-order chi connectivity index (χ0) is 24.8. The lowest BCUT2D eigenvalue weighted by Gasteiger charge is -2.37. The van der Waals surface area contributed by atoms with Gasteiger partial charge in [-0.05, 0) is 55.5 Å². The third-order valence-corrected chi connectivity index (χ3v) is 6.08. The Morgan fingerprint density at radius 3 is 2.27 bits per heavy atom. The van der Waals surface area contributed by atoms with E-state index in [1.165, 1.54) is 6.92 Å². The number of aliphatic carboxylic acids is 1. The molecular formula is C25H32F2N2O4. The minimum absolute atomic E-state index is 0.00632. The van der Waals surface area contributed by atoms with Gasteiger partial charge in [0.05, 0.1) is 23.6 Å². The summed E-state index contributed by atoms with van der Waals surface area (Å²) < 4.78 is 27.2. The minimum Gasteiger partial charge on any atom is -0.481 e. The van der Waals surface area contributed by atoms with Gasteiger partial charge in [-0.1, -0.05) is 31.2 Å². The number of carbonyl (C=O) groups is 2. The average Bonchev–Trinajstić information content (AvgIpc) is 2.75. The summed E-state index contributed by atoms with van der Waals surface area (Å²) in [6.45, 7) is 6.56. The first-order chi connectivity index (χ1) is 15.5. The summed E-state index contributed by atoms with van der Waals surface area (Å²) in [5.74, 6) is -3.76. The summed E-state index contributed by atoms with van der Waals surface area (Å²) in [4.78, 5) is 23.6. The van der Waals surface area contributed by atoms with Crippen LogP contribution in [0.25, 0.3) is 0 Å². The molecule has 6 nitrogen and oxygen atoms in total. The SMILES string of the molecule is CCc1cccc([C@@](C)(NC[C@@H](O)[C@H](Cc2cc(F)cc(F)c2)NC(C)=O)C(C)C(=O)O)c1. The Morgan fingerprint density at radius 2 is 1.73 bits per heavy atom. The van der Waals surface area contributed by atoms with Crippen molar-refractivity contribution in [2.24, 2.45) is 5.92 Å². The standard InChI is InChI=1S/C25H32F2N2O4/c1-5-17-7-6-8-19(9-17)25(4,15(2)24(32)33)28-14-23(31)22(29-16(3)30)12-18-10-20(26)13-21(27)11-18/h6-11,13,15,22-23,28,31H,5,12,14H2,1-4H3,(H,29,30)(H,32,33)/t15?,22-,23+,25-/m0/s1. The lowest BCUT2D eigenvalue weighted by molar-refractivity contribution is -0.144. The van der Waals surface area contributed by atoms with Crippen LogP contribution in [0.4, 0.5) is 8.78 Å². The number of rotatable bonds is 11. The molecule has 0 spiro atoms. The molecule has 8 heteroatoms. The van der Waals surface area contributed by atoms with Crippen molar-refractivity contribution in [3.63, 3.8) is 0 Å². The molecule has 180 valence electrons. The van der Waals surface area contributed by atoms with Crippen LogP contribution in [0.3, 0.4) is 0 Å². The molecule has 0 aromatic heterocycles. The largest absolute Gasteiger partial charge is 0.481 e. The second-order valence-electron chi connectivity index (χ2n) is 8.55. The molecule has 0 aliphatic rings. The maximum absolute atomic E-state index is 13.6. The summed E-state index contributed by atoms with van der Waals surface area (Å²) in [6.07, 6.45) is -0.383. The third kappa shape index (κ3) is 7.07. The summed E-state index contributed by atoms with van der Waals surface area (Å²) in [7, 11) is 0. The number of carbonyl (C=O) groups excluding carboxylic acids is 1. The summed E-state index contributed by atoms with van der Waals surface area (Å²) in [5.41, 5.74) is 1.06. The van der Waals surface area contributed by atoms with Crippen LogP contribution >= 0.6 is 0 Å². The molecular weight excluding hydrogens is 430 g/mol. The Bertz CT molecular complexity index is 964. The van der Waals surface area contributed by atoms with Crippen molar-refractivity contribution in [2.75, 3.05) is 6.54 Å². The quantitative estimate of drug-likeness (QED) is 0.411. The lowest BCUT2D eigenvalue weighted by Crippen LogP contribution is -2.54. The smallest absolute Gasteiger partial charge is 0.308 e. The van der Waals surface area contributed by atoms with Crippen molar-refractivity contribution in [3.05, 3.63) is 70.8 Å². The van der Waals surface area contributed by atoms with Crippen LogP contribution in [0.15, 0.2) is 42.5 Å². The number of hydrogen-bond donors (Lipinski definition) is 4. The van der Waals surface area contributed by atoms with Crippen molar-refractivity contribution in [3.8, 4) is 0 Å². The molecule has 2 rings (SSSR count). The van der Waals surface area contributed by atoms with Gasteiger partial charge in [0.25, 0.3) is 0 Å². The highest BCUT2D eigenvalue weighted by atomic mass is 19.1. The monoisotopic (exact) mass is 462 g/mol. The number of hydrogen-bond acceptors (Lipinski definition) is 4. The Labute approximate surface area is 193 Å². The highest BCUT2D eigenvalue weighted by Crippen LogP contribution is 2.30. The fraction of sp³-hybridized carbons (Fsp3) is 0.440. The van der Waals surface area contributed by atoms with E-state index in [2.05, 4.69) is 10.6 Å². The van der Waals surface area contributed by atoms with Crippen molar-refractivity contribution in [2.45, 2.75) is 58.2 Å². The number of nitrogens with one attached hydrogen (secondary N) is 2. The molecule has 33 heavy (non-hydrogen) atoms. The Kier molecular flexibility index (Phi) is 9.07. The maximum Gasteiger partial charge on any atom is 0.308 e. The van der Waals surface area contributed by atoms with Gasteiger partial charge in [0.15, 0.2) is 0 Å². The maximum atomic E-state index is 13.6. The molecule has 0 heterocycles. The number of carboxylic acids is 1. The molecule has 0 bridgehead atoms. The van der Waals surface area contributed by atoms with Gasteiger partial charge in [-0.25, -0.2) is 8.78 Å². The molecule has 4 atom stereocenters. The number of carboxylic acid groups (broad SMARTS) is 1. The van der Waals surface area contributed by atoms with Crippen LogP contribution in [0.2, 0.25) is 0 Å². The zero-order valence-corrected chi connectivity index (χ0v) is 19.4. The van der Waals surface area contributed by atoms with E-state index in [0.29, 0.717) is 0 Å². The molecule has 1 amide bonds. The van der Waals surface area contributed by atoms with Gasteiger partial charge in [0, 0.05) is 19.5 Å². The summed E-state index contributed by atoms with van der Waals surface area (Å²) in [6, 6.07) is 9.77.